The molecule has 0 saturated carbocycles. The molecule has 0 N–H and O–H groups in total. The molecule has 7 rings (SSSR count). The summed E-state index contributed by atoms with van der Waals surface area (Å²) in [7, 11) is 0. The van der Waals surface area contributed by atoms with Gasteiger partial charge in [-0.15, -0.1) is 0 Å². The van der Waals surface area contributed by atoms with Crippen LogP contribution in [-0.4, -0.2) is 0 Å². The SMILES string of the molecule is [2H]c1c([2H])c(-c2c3c([2H])c([2H])c([2H])c([2H])c3c(-c3c([2H])c([2H])c([2H])c4c([2H])c([2H])c([2H])c([2H])c34)c3c([2H])c([2H])c([2H])c([2H])c23)c([2H])c([2H])c1-c1ccccc1. The quantitative estimate of drug-likeness (QED) is 0.223. The molecule has 0 bridgehead atoms. The Hall–Kier alpha value is -4.68. The van der Waals surface area contributed by atoms with E-state index in [0.717, 1.165) is 0 Å². The van der Waals surface area contributed by atoms with Gasteiger partial charge in [0.1, 0.15) is 0 Å². The minimum absolute atomic E-state index is 0.105. The van der Waals surface area contributed by atoms with Crippen LogP contribution in [-0.2, 0) is 0 Å². The number of rotatable bonds is 3. The van der Waals surface area contributed by atoms with Gasteiger partial charge in [-0.05, 0) is 65.7 Å². The highest BCUT2D eigenvalue weighted by Gasteiger charge is 2.17. The Morgan fingerprint density at radius 1 is 0.361 bits per heavy atom. The van der Waals surface area contributed by atoms with Crippen molar-refractivity contribution in [3.63, 3.8) is 0 Å². The second-order valence-electron chi connectivity index (χ2n) is 7.87. The molecule has 168 valence electrons. The van der Waals surface area contributed by atoms with Crippen LogP contribution in [0.3, 0.4) is 0 Å². The van der Waals surface area contributed by atoms with Crippen molar-refractivity contribution in [3.8, 4) is 33.4 Å². The van der Waals surface area contributed by atoms with Crippen LogP contribution in [0.15, 0.2) is 145 Å². The molecule has 7 aromatic rings. The van der Waals surface area contributed by atoms with E-state index in [1.807, 2.05) is 0 Å². The lowest BCUT2D eigenvalue weighted by atomic mass is 9.84. The van der Waals surface area contributed by atoms with Gasteiger partial charge in [0.25, 0.3) is 0 Å². The third-order valence-corrected chi connectivity index (χ3v) is 5.87. The lowest BCUT2D eigenvalue weighted by Crippen LogP contribution is -1.91. The Balaban J connectivity index is 1.90. The maximum absolute atomic E-state index is 9.22. The van der Waals surface area contributed by atoms with Crippen LogP contribution in [0.4, 0.5) is 0 Å². The first-order valence-corrected chi connectivity index (χ1v) is 10.9. The summed E-state index contributed by atoms with van der Waals surface area (Å²) in [5.41, 5.74) is -1.98. The molecule has 0 aromatic heterocycles. The predicted molar refractivity (Wildman–Crippen MR) is 155 cm³/mol. The van der Waals surface area contributed by atoms with Gasteiger partial charge in [0.2, 0.25) is 0 Å². The third kappa shape index (κ3) is 3.31. The zero-order valence-corrected chi connectivity index (χ0v) is 18.4. The maximum Gasteiger partial charge on any atom is 0.0629 e. The summed E-state index contributed by atoms with van der Waals surface area (Å²) in [6.07, 6.45) is 0. The van der Waals surface area contributed by atoms with Gasteiger partial charge in [-0.2, -0.15) is 0 Å². The number of fused-ring (bicyclic) bond motifs is 3. The third-order valence-electron chi connectivity index (χ3n) is 5.87. The molecule has 36 heavy (non-hydrogen) atoms. The molecule has 0 radical (unpaired) electrons. The predicted octanol–water partition coefficient (Wildman–Crippen LogP) is 10.1. The normalized spacial score (nSPS) is 18.7. The van der Waals surface area contributed by atoms with Gasteiger partial charge in [-0.25, -0.2) is 0 Å². The largest absolute Gasteiger partial charge is 0.0629 e. The molecule has 0 fully saturated rings. The number of hydrogen-bond acceptors (Lipinski definition) is 0. The van der Waals surface area contributed by atoms with E-state index in [1.165, 1.54) is 0 Å². The van der Waals surface area contributed by atoms with Gasteiger partial charge in [-0.3, -0.25) is 0 Å². The molecule has 0 atom stereocenters. The first kappa shape index (κ1) is 9.08. The lowest BCUT2D eigenvalue weighted by Gasteiger charge is -2.19. The first-order chi connectivity index (χ1) is 25.8. The van der Waals surface area contributed by atoms with E-state index in [0.29, 0.717) is 5.56 Å². The highest BCUT2D eigenvalue weighted by molar-refractivity contribution is 6.23. The molecule has 0 nitrogen and oxygen atoms in total. The summed E-state index contributed by atoms with van der Waals surface area (Å²) < 4.78 is 169. The molecule has 0 spiro atoms. The van der Waals surface area contributed by atoms with Crippen molar-refractivity contribution in [2.45, 2.75) is 0 Å². The van der Waals surface area contributed by atoms with Gasteiger partial charge >= 0.3 is 0 Å². The lowest BCUT2D eigenvalue weighted by molar-refractivity contribution is 1.61. The van der Waals surface area contributed by atoms with E-state index >= 15 is 0 Å². The first-order valence-electron chi connectivity index (χ1n) is 20.4. The highest BCUT2D eigenvalue weighted by Crippen LogP contribution is 2.45. The van der Waals surface area contributed by atoms with Gasteiger partial charge in [0.15, 0.2) is 0 Å². The number of benzene rings is 7. The van der Waals surface area contributed by atoms with Crippen LogP contribution in [0.25, 0.3) is 65.7 Å². The average molecular weight is 476 g/mol. The molecule has 0 unspecified atom stereocenters. The van der Waals surface area contributed by atoms with Crippen LogP contribution in [0, 0.1) is 0 Å². The molecule has 0 amide bonds. The fraction of sp³-hybridized carbons (Fsp3) is 0. The van der Waals surface area contributed by atoms with E-state index in [2.05, 4.69) is 0 Å². The summed E-state index contributed by atoms with van der Waals surface area (Å²) in [4.78, 5) is 0. The van der Waals surface area contributed by atoms with E-state index < -0.39 is 169 Å². The van der Waals surface area contributed by atoms with Gasteiger partial charge < -0.3 is 0 Å². The Bertz CT molecular complexity index is 2780. The molecule has 0 heterocycles. The second-order valence-corrected chi connectivity index (χ2v) is 7.87. The molecular formula is C36H24. The maximum atomic E-state index is 9.22. The summed E-state index contributed by atoms with van der Waals surface area (Å²) >= 11 is 0. The van der Waals surface area contributed by atoms with E-state index in [4.69, 9.17) is 17.8 Å². The van der Waals surface area contributed by atoms with Crippen LogP contribution >= 0.6 is 0 Å². The Labute approximate surface area is 237 Å². The zero-order valence-electron chi connectivity index (χ0n) is 37.4. The van der Waals surface area contributed by atoms with E-state index in [9.17, 15) is 8.22 Å². The zero-order chi connectivity index (χ0) is 40.4. The molecule has 0 saturated heterocycles. The Kier molecular flexibility index (Phi) is 2.15. The topological polar surface area (TPSA) is 0 Å². The van der Waals surface area contributed by atoms with Crippen molar-refractivity contribution in [2.24, 2.45) is 0 Å². The molecule has 0 heteroatoms. The van der Waals surface area contributed by atoms with Crippen molar-refractivity contribution in [1.82, 2.24) is 0 Å². The monoisotopic (exact) mass is 475 g/mol. The summed E-state index contributed by atoms with van der Waals surface area (Å²) in [5, 5.41) is -3.24. The highest BCUT2D eigenvalue weighted by atomic mass is 14.2. The van der Waals surface area contributed by atoms with Crippen LogP contribution in [0.5, 0.6) is 0 Å². The molecular weight excluding hydrogens is 432 g/mol. The standard InChI is InChI=1S/C36H24/c1-2-11-25(12-3-1)26-21-23-28(24-22-26)35-31-16-6-8-18-33(31)36(34-19-9-7-17-32(34)35)30-20-10-14-27-13-4-5-15-29(27)30/h1-24H/i4D,5D,6D,7D,8D,9D,10D,13D,14D,15D,16D,17D,18D,19D,20D,21D,22D,23D,24D. The Morgan fingerprint density at radius 3 is 1.50 bits per heavy atom. The van der Waals surface area contributed by atoms with E-state index in [1.54, 1.807) is 30.3 Å². The summed E-state index contributed by atoms with van der Waals surface area (Å²) in [6, 6.07) is -6.80. The van der Waals surface area contributed by atoms with Gasteiger partial charge in [0.05, 0.1) is 26.0 Å². The average Bonchev–Trinajstić information content (AvgIpc) is 3.17. The fourth-order valence-electron chi connectivity index (χ4n) is 4.31. The van der Waals surface area contributed by atoms with Crippen molar-refractivity contribution < 1.29 is 26.0 Å². The van der Waals surface area contributed by atoms with Crippen LogP contribution in [0.1, 0.15) is 26.0 Å². The van der Waals surface area contributed by atoms with Crippen LogP contribution < -0.4 is 0 Å². The molecule has 0 aliphatic heterocycles. The van der Waals surface area contributed by atoms with Gasteiger partial charge in [0, 0.05) is 0 Å². The summed E-state index contributed by atoms with van der Waals surface area (Å²) in [5.74, 6) is 0. The smallest absolute Gasteiger partial charge is 0.0622 e. The van der Waals surface area contributed by atoms with Crippen molar-refractivity contribution in [2.75, 3.05) is 0 Å². The van der Waals surface area contributed by atoms with Crippen molar-refractivity contribution in [1.29, 1.82) is 0 Å². The second kappa shape index (κ2) is 8.52. The Morgan fingerprint density at radius 2 is 0.861 bits per heavy atom. The minimum atomic E-state index is -0.857. The summed E-state index contributed by atoms with van der Waals surface area (Å²) in [6.45, 7) is 0. The fourth-order valence-corrected chi connectivity index (χ4v) is 4.31. The van der Waals surface area contributed by atoms with Gasteiger partial charge in [-0.1, -0.05) is 145 Å². The van der Waals surface area contributed by atoms with Crippen LogP contribution in [0.2, 0.25) is 0 Å². The molecule has 0 aliphatic rings. The van der Waals surface area contributed by atoms with E-state index in [-0.39, 0.29) is 5.56 Å². The molecule has 0 aliphatic carbocycles. The molecule has 7 aromatic carbocycles. The van der Waals surface area contributed by atoms with Crippen molar-refractivity contribution >= 4 is 32.3 Å². The number of hydrogen-bond donors (Lipinski definition) is 0. The van der Waals surface area contributed by atoms with Crippen molar-refractivity contribution in [3.05, 3.63) is 145 Å². The minimum Gasteiger partial charge on any atom is -0.0622 e.